The molecule has 2 saturated heterocycles. The molecule has 0 N–H and O–H groups in total. The number of thioether (sulfide) groups is 1. The van der Waals surface area contributed by atoms with Crippen LogP contribution >= 0.6 is 11.8 Å². The number of hydrogen-bond acceptors (Lipinski definition) is 4. The Kier molecular flexibility index (Phi) is 8.22. The first-order valence-corrected chi connectivity index (χ1v) is 11.7. The molecule has 6 heteroatoms. The maximum absolute atomic E-state index is 12.5. The Balaban J connectivity index is 1.35. The summed E-state index contributed by atoms with van der Waals surface area (Å²) in [7, 11) is 0. The predicted octanol–water partition coefficient (Wildman–Crippen LogP) is 2.78. The highest BCUT2D eigenvalue weighted by Gasteiger charge is 2.24. The summed E-state index contributed by atoms with van der Waals surface area (Å²) in [6.45, 7) is 7.49. The van der Waals surface area contributed by atoms with Crippen molar-refractivity contribution in [3.05, 3.63) is 35.4 Å². The Morgan fingerprint density at radius 2 is 1.57 bits per heavy atom. The summed E-state index contributed by atoms with van der Waals surface area (Å²) in [6.07, 6.45) is 4.75. The molecular weight excluding hydrogens is 370 g/mol. The van der Waals surface area contributed by atoms with E-state index in [1.807, 2.05) is 9.80 Å². The molecule has 2 aliphatic rings. The minimum atomic E-state index is 0.219. The summed E-state index contributed by atoms with van der Waals surface area (Å²) in [5, 5.41) is 0. The van der Waals surface area contributed by atoms with Crippen molar-refractivity contribution in [3.63, 3.8) is 0 Å². The highest BCUT2D eigenvalue weighted by molar-refractivity contribution is 7.99. The van der Waals surface area contributed by atoms with Gasteiger partial charge in [-0.3, -0.25) is 14.5 Å². The van der Waals surface area contributed by atoms with Crippen LogP contribution in [0, 0.1) is 6.92 Å². The van der Waals surface area contributed by atoms with E-state index in [4.69, 9.17) is 0 Å². The number of carbonyl (C=O) groups excluding carboxylic acids is 2. The number of nitrogens with zero attached hydrogens (tertiary/aromatic N) is 3. The molecule has 1 aromatic carbocycles. The van der Waals surface area contributed by atoms with E-state index >= 15 is 0 Å². The number of amides is 2. The van der Waals surface area contributed by atoms with Gasteiger partial charge in [-0.15, -0.1) is 11.8 Å². The van der Waals surface area contributed by atoms with Crippen molar-refractivity contribution in [2.45, 2.75) is 38.4 Å². The van der Waals surface area contributed by atoms with E-state index in [1.54, 1.807) is 11.8 Å². The molecule has 0 aromatic heterocycles. The fourth-order valence-electron chi connectivity index (χ4n) is 3.92. The quantitative estimate of drug-likeness (QED) is 0.733. The Labute approximate surface area is 173 Å². The lowest BCUT2D eigenvalue weighted by molar-refractivity contribution is -0.134. The molecule has 0 saturated carbocycles. The summed E-state index contributed by atoms with van der Waals surface area (Å²) in [5.74, 6) is 1.88. The summed E-state index contributed by atoms with van der Waals surface area (Å²) < 4.78 is 0. The van der Waals surface area contributed by atoms with Gasteiger partial charge in [0.25, 0.3) is 0 Å². The van der Waals surface area contributed by atoms with Gasteiger partial charge in [0.2, 0.25) is 11.8 Å². The SMILES string of the molecule is Cc1cccc(CSCC(=O)N2CCN(CC(=O)N3CCCCCC3)CC2)c1. The molecule has 2 fully saturated rings. The van der Waals surface area contributed by atoms with Crippen LogP contribution in [0.25, 0.3) is 0 Å². The Hall–Kier alpha value is -1.53. The number of piperazine rings is 1. The number of carbonyl (C=O) groups is 2. The van der Waals surface area contributed by atoms with Crippen molar-refractivity contribution < 1.29 is 9.59 Å². The predicted molar refractivity (Wildman–Crippen MR) is 115 cm³/mol. The van der Waals surface area contributed by atoms with Crippen LogP contribution in [-0.2, 0) is 15.3 Å². The number of benzene rings is 1. The van der Waals surface area contributed by atoms with Crippen molar-refractivity contribution in [2.75, 3.05) is 51.6 Å². The van der Waals surface area contributed by atoms with E-state index in [1.165, 1.54) is 24.0 Å². The molecule has 2 aliphatic heterocycles. The largest absolute Gasteiger partial charge is 0.342 e. The van der Waals surface area contributed by atoms with E-state index in [2.05, 4.69) is 36.1 Å². The van der Waals surface area contributed by atoms with Crippen molar-refractivity contribution in [1.82, 2.24) is 14.7 Å². The van der Waals surface area contributed by atoms with Crippen molar-refractivity contribution >= 4 is 23.6 Å². The molecule has 0 spiro atoms. The van der Waals surface area contributed by atoms with Gasteiger partial charge < -0.3 is 9.80 Å². The summed E-state index contributed by atoms with van der Waals surface area (Å²) in [5.41, 5.74) is 2.53. The van der Waals surface area contributed by atoms with Crippen LogP contribution < -0.4 is 0 Å². The standard InChI is InChI=1S/C22H33N3O2S/c1-19-7-6-8-20(15-19)17-28-18-22(27)25-13-11-23(12-14-25)16-21(26)24-9-4-2-3-5-10-24/h6-8,15H,2-5,9-14,16-18H2,1H3. The van der Waals surface area contributed by atoms with Crippen LogP contribution in [0.15, 0.2) is 24.3 Å². The van der Waals surface area contributed by atoms with Gasteiger partial charge in [0, 0.05) is 45.0 Å². The summed E-state index contributed by atoms with van der Waals surface area (Å²) in [6, 6.07) is 8.46. The Morgan fingerprint density at radius 1 is 0.893 bits per heavy atom. The third kappa shape index (κ3) is 6.52. The first-order valence-electron chi connectivity index (χ1n) is 10.5. The molecule has 28 heavy (non-hydrogen) atoms. The minimum absolute atomic E-state index is 0.219. The highest BCUT2D eigenvalue weighted by Crippen LogP contribution is 2.15. The van der Waals surface area contributed by atoms with Gasteiger partial charge in [0.1, 0.15) is 0 Å². The van der Waals surface area contributed by atoms with Crippen molar-refractivity contribution in [1.29, 1.82) is 0 Å². The first-order chi connectivity index (χ1) is 13.6. The van der Waals surface area contributed by atoms with Crippen LogP contribution in [0.1, 0.15) is 36.8 Å². The second-order valence-corrected chi connectivity index (χ2v) is 8.92. The average Bonchev–Trinajstić information content (AvgIpc) is 2.98. The Bertz CT molecular complexity index is 651. The number of hydrogen-bond donors (Lipinski definition) is 0. The van der Waals surface area contributed by atoms with Crippen LogP contribution in [0.5, 0.6) is 0 Å². The van der Waals surface area contributed by atoms with E-state index in [0.29, 0.717) is 12.3 Å². The molecule has 1 aromatic rings. The van der Waals surface area contributed by atoms with Gasteiger partial charge in [-0.2, -0.15) is 0 Å². The lowest BCUT2D eigenvalue weighted by Gasteiger charge is -2.35. The van der Waals surface area contributed by atoms with E-state index in [-0.39, 0.29) is 11.8 Å². The van der Waals surface area contributed by atoms with Gasteiger partial charge in [-0.25, -0.2) is 0 Å². The second-order valence-electron chi connectivity index (χ2n) is 7.93. The topological polar surface area (TPSA) is 43.9 Å². The van der Waals surface area contributed by atoms with E-state index < -0.39 is 0 Å². The average molecular weight is 404 g/mol. The zero-order valence-electron chi connectivity index (χ0n) is 17.1. The van der Waals surface area contributed by atoms with Gasteiger partial charge in [0.05, 0.1) is 12.3 Å². The molecular formula is C22H33N3O2S. The van der Waals surface area contributed by atoms with Crippen LogP contribution in [-0.4, -0.2) is 78.1 Å². The highest BCUT2D eigenvalue weighted by atomic mass is 32.2. The minimum Gasteiger partial charge on any atom is -0.342 e. The third-order valence-electron chi connectivity index (χ3n) is 5.62. The fourth-order valence-corrected chi connectivity index (χ4v) is 4.79. The fraction of sp³-hybridized carbons (Fsp3) is 0.636. The molecule has 0 unspecified atom stereocenters. The third-order valence-corrected chi connectivity index (χ3v) is 6.61. The van der Waals surface area contributed by atoms with Crippen LogP contribution in [0.4, 0.5) is 0 Å². The summed E-state index contributed by atoms with van der Waals surface area (Å²) in [4.78, 5) is 31.2. The normalized spacial score (nSPS) is 18.8. The van der Waals surface area contributed by atoms with Gasteiger partial charge in [0.15, 0.2) is 0 Å². The van der Waals surface area contributed by atoms with Crippen molar-refractivity contribution in [2.24, 2.45) is 0 Å². The zero-order chi connectivity index (χ0) is 19.8. The molecule has 0 radical (unpaired) electrons. The lowest BCUT2D eigenvalue weighted by atomic mass is 10.2. The summed E-state index contributed by atoms with van der Waals surface area (Å²) >= 11 is 1.68. The van der Waals surface area contributed by atoms with Crippen LogP contribution in [0.3, 0.4) is 0 Å². The maximum atomic E-state index is 12.5. The van der Waals surface area contributed by atoms with Gasteiger partial charge >= 0.3 is 0 Å². The van der Waals surface area contributed by atoms with Gasteiger partial charge in [-0.05, 0) is 25.3 Å². The molecule has 0 aliphatic carbocycles. The number of aryl methyl sites for hydroxylation is 1. The zero-order valence-corrected chi connectivity index (χ0v) is 17.9. The van der Waals surface area contributed by atoms with Gasteiger partial charge in [-0.1, -0.05) is 42.7 Å². The molecule has 0 bridgehead atoms. The monoisotopic (exact) mass is 403 g/mol. The molecule has 5 nitrogen and oxygen atoms in total. The second kappa shape index (κ2) is 10.9. The molecule has 3 rings (SSSR count). The van der Waals surface area contributed by atoms with Crippen LogP contribution in [0.2, 0.25) is 0 Å². The van der Waals surface area contributed by atoms with Crippen molar-refractivity contribution in [3.8, 4) is 0 Å². The molecule has 154 valence electrons. The smallest absolute Gasteiger partial charge is 0.236 e. The molecule has 2 amide bonds. The molecule has 2 heterocycles. The lowest BCUT2D eigenvalue weighted by Crippen LogP contribution is -2.52. The molecule has 0 atom stereocenters. The first kappa shape index (κ1) is 21.2. The number of likely N-dealkylation sites (tertiary alicyclic amines) is 1. The van der Waals surface area contributed by atoms with E-state index in [9.17, 15) is 9.59 Å². The van der Waals surface area contributed by atoms with E-state index in [0.717, 1.165) is 57.9 Å². The Morgan fingerprint density at radius 3 is 2.25 bits per heavy atom. The number of rotatable bonds is 6. The maximum Gasteiger partial charge on any atom is 0.236 e.